The summed E-state index contributed by atoms with van der Waals surface area (Å²) in [6.45, 7) is 5.15. The van der Waals surface area contributed by atoms with Gasteiger partial charge in [-0.1, -0.05) is 30.3 Å². The number of fused-ring (bicyclic) bond motifs is 1. The van der Waals surface area contributed by atoms with E-state index in [2.05, 4.69) is 28.9 Å². The lowest BCUT2D eigenvalue weighted by Gasteiger charge is -2.45. The van der Waals surface area contributed by atoms with Gasteiger partial charge in [-0.05, 0) is 55.5 Å². The number of benzene rings is 1. The number of aromatic nitrogens is 1. The van der Waals surface area contributed by atoms with Gasteiger partial charge in [0.2, 0.25) is 5.91 Å². The van der Waals surface area contributed by atoms with Crippen LogP contribution in [0.4, 0.5) is 5.82 Å². The Labute approximate surface area is 206 Å². The Morgan fingerprint density at radius 2 is 1.82 bits per heavy atom. The van der Waals surface area contributed by atoms with Gasteiger partial charge in [0.05, 0.1) is 4.91 Å². The fraction of sp³-hybridized carbons (Fsp3) is 0.444. The van der Waals surface area contributed by atoms with Crippen LogP contribution in [0.3, 0.4) is 0 Å². The van der Waals surface area contributed by atoms with Gasteiger partial charge in [-0.15, -0.1) is 11.8 Å². The number of carbonyl (C=O) groups is 2. The molecule has 6 nitrogen and oxygen atoms in total. The summed E-state index contributed by atoms with van der Waals surface area (Å²) in [5.41, 5.74) is 2.27. The molecule has 3 atom stereocenters. The van der Waals surface area contributed by atoms with Crippen LogP contribution in [0.5, 0.6) is 0 Å². The molecule has 0 radical (unpaired) electrons. The molecule has 2 aromatic rings. The highest BCUT2D eigenvalue weighted by Crippen LogP contribution is 2.43. The maximum Gasteiger partial charge on any atom is 0.260 e. The van der Waals surface area contributed by atoms with Crippen LogP contribution in [0.2, 0.25) is 0 Å². The zero-order chi connectivity index (χ0) is 23.7. The highest BCUT2D eigenvalue weighted by Gasteiger charge is 2.43. The predicted octanol–water partition coefficient (Wildman–Crippen LogP) is 3.82. The smallest absolute Gasteiger partial charge is 0.260 e. The summed E-state index contributed by atoms with van der Waals surface area (Å²) in [7, 11) is 1.91. The normalized spacial score (nSPS) is 26.5. The van der Waals surface area contributed by atoms with Crippen molar-refractivity contribution in [3.8, 4) is 0 Å². The number of likely N-dealkylation sites (N-methyl/N-ethyl adjacent to an activating group) is 1. The van der Waals surface area contributed by atoms with Crippen molar-refractivity contribution < 1.29 is 9.59 Å². The first-order valence-electron chi connectivity index (χ1n) is 12.2. The summed E-state index contributed by atoms with van der Waals surface area (Å²) in [4.78, 5) is 38.0. The van der Waals surface area contributed by atoms with Crippen molar-refractivity contribution in [3.63, 3.8) is 0 Å². The number of aryl methyl sites for hydroxylation is 1. The van der Waals surface area contributed by atoms with Crippen molar-refractivity contribution in [2.75, 3.05) is 38.1 Å². The molecule has 3 heterocycles. The Hall–Kier alpha value is -2.80. The number of carbonyl (C=O) groups excluding carboxylic acids is 2. The predicted molar refractivity (Wildman–Crippen MR) is 137 cm³/mol. The Balaban J connectivity index is 1.21. The van der Waals surface area contributed by atoms with Crippen LogP contribution < -0.4 is 4.90 Å². The monoisotopic (exact) mass is 476 g/mol. The Morgan fingerprint density at radius 1 is 1.06 bits per heavy atom. The van der Waals surface area contributed by atoms with Crippen molar-refractivity contribution in [2.45, 2.75) is 37.5 Å². The van der Waals surface area contributed by atoms with Gasteiger partial charge in [0.1, 0.15) is 5.82 Å². The molecule has 1 aliphatic carbocycles. The number of amides is 2. The quantitative estimate of drug-likeness (QED) is 0.631. The Morgan fingerprint density at radius 3 is 2.56 bits per heavy atom. The molecular weight excluding hydrogens is 444 g/mol. The average molecular weight is 477 g/mol. The number of anilines is 1. The molecule has 34 heavy (non-hydrogen) atoms. The first-order valence-corrected chi connectivity index (χ1v) is 13.0. The summed E-state index contributed by atoms with van der Waals surface area (Å²) >= 11 is 1.71. The minimum absolute atomic E-state index is 0.000368. The van der Waals surface area contributed by atoms with E-state index in [1.807, 2.05) is 59.5 Å². The third kappa shape index (κ3) is 4.58. The molecule has 2 aliphatic heterocycles. The summed E-state index contributed by atoms with van der Waals surface area (Å²) in [5, 5.41) is 0.350. The second-order valence-electron chi connectivity index (χ2n) is 9.52. The van der Waals surface area contributed by atoms with Crippen molar-refractivity contribution in [3.05, 3.63) is 64.7 Å². The molecule has 3 unspecified atom stereocenters. The van der Waals surface area contributed by atoms with Gasteiger partial charge in [0, 0.05) is 56.6 Å². The molecule has 2 amide bonds. The molecule has 2 saturated heterocycles. The molecular formula is C27H32N4O2S. The molecule has 7 heteroatoms. The Kier molecular flexibility index (Phi) is 6.63. The number of pyridine rings is 1. The second kappa shape index (κ2) is 9.82. The SMILES string of the molecule is Cc1ccccc1/C=C1\SC2CCC(C(=O)N3CCN(c4ccccn4)CC3)CC2N(C)C1=O. The van der Waals surface area contributed by atoms with E-state index in [9.17, 15) is 9.59 Å². The molecule has 1 aromatic heterocycles. The summed E-state index contributed by atoms with van der Waals surface area (Å²) in [5.74, 6) is 1.31. The number of piperazine rings is 1. The van der Waals surface area contributed by atoms with Gasteiger partial charge in [-0.2, -0.15) is 0 Å². The van der Waals surface area contributed by atoms with Crippen molar-refractivity contribution >= 4 is 35.5 Å². The Bertz CT molecular complexity index is 1080. The minimum atomic E-state index is 0.000368. The van der Waals surface area contributed by atoms with Crippen molar-refractivity contribution in [2.24, 2.45) is 5.92 Å². The molecule has 178 valence electrons. The van der Waals surface area contributed by atoms with E-state index in [1.165, 1.54) is 5.56 Å². The zero-order valence-electron chi connectivity index (χ0n) is 19.9. The second-order valence-corrected chi connectivity index (χ2v) is 10.8. The van der Waals surface area contributed by atoms with Crippen LogP contribution in [0.15, 0.2) is 53.6 Å². The third-order valence-electron chi connectivity index (χ3n) is 7.45. The van der Waals surface area contributed by atoms with Crippen LogP contribution in [0, 0.1) is 12.8 Å². The molecule has 3 fully saturated rings. The molecule has 0 spiro atoms. The molecule has 3 aliphatic rings. The number of hydrogen-bond acceptors (Lipinski definition) is 5. The van der Waals surface area contributed by atoms with E-state index in [0.717, 1.165) is 61.7 Å². The molecule has 1 saturated carbocycles. The van der Waals surface area contributed by atoms with Crippen molar-refractivity contribution in [1.29, 1.82) is 0 Å². The molecule has 5 rings (SSSR count). The van der Waals surface area contributed by atoms with Crippen LogP contribution in [0.1, 0.15) is 30.4 Å². The van der Waals surface area contributed by atoms with E-state index in [4.69, 9.17) is 0 Å². The molecule has 1 aromatic carbocycles. The maximum atomic E-state index is 13.4. The van der Waals surface area contributed by atoms with Crippen LogP contribution >= 0.6 is 11.8 Å². The minimum Gasteiger partial charge on any atom is -0.353 e. The number of rotatable bonds is 3. The fourth-order valence-corrected chi connectivity index (χ4v) is 6.84. The van der Waals surface area contributed by atoms with Crippen molar-refractivity contribution in [1.82, 2.24) is 14.8 Å². The van der Waals surface area contributed by atoms with Gasteiger partial charge < -0.3 is 14.7 Å². The fourth-order valence-electron chi connectivity index (χ4n) is 5.37. The lowest BCUT2D eigenvalue weighted by molar-refractivity contribution is -0.139. The summed E-state index contributed by atoms with van der Waals surface area (Å²) in [6, 6.07) is 14.2. The van der Waals surface area contributed by atoms with E-state index in [-0.39, 0.29) is 23.8 Å². The number of thioether (sulfide) groups is 1. The topological polar surface area (TPSA) is 56.8 Å². The molecule has 0 bridgehead atoms. The average Bonchev–Trinajstić information content (AvgIpc) is 2.88. The van der Waals surface area contributed by atoms with E-state index in [1.54, 1.807) is 11.8 Å². The lowest BCUT2D eigenvalue weighted by atomic mass is 9.83. The van der Waals surface area contributed by atoms with E-state index in [0.29, 0.717) is 5.25 Å². The van der Waals surface area contributed by atoms with Crippen LogP contribution in [0.25, 0.3) is 6.08 Å². The number of hydrogen-bond donors (Lipinski definition) is 0. The summed E-state index contributed by atoms with van der Waals surface area (Å²) in [6.07, 6.45) is 6.46. The van der Waals surface area contributed by atoms with Gasteiger partial charge in [-0.25, -0.2) is 4.98 Å². The van der Waals surface area contributed by atoms with Gasteiger partial charge in [0.15, 0.2) is 0 Å². The van der Waals surface area contributed by atoms with E-state index < -0.39 is 0 Å². The zero-order valence-corrected chi connectivity index (χ0v) is 20.7. The van der Waals surface area contributed by atoms with Gasteiger partial charge in [-0.3, -0.25) is 9.59 Å². The van der Waals surface area contributed by atoms with Gasteiger partial charge in [0.25, 0.3) is 5.91 Å². The van der Waals surface area contributed by atoms with Crippen LogP contribution in [-0.4, -0.2) is 71.1 Å². The molecule has 0 N–H and O–H groups in total. The maximum absolute atomic E-state index is 13.4. The van der Waals surface area contributed by atoms with Crippen LogP contribution in [-0.2, 0) is 9.59 Å². The third-order valence-corrected chi connectivity index (χ3v) is 8.85. The first-order chi connectivity index (χ1) is 16.5. The lowest BCUT2D eigenvalue weighted by Crippen LogP contribution is -2.55. The largest absolute Gasteiger partial charge is 0.353 e. The summed E-state index contributed by atoms with van der Waals surface area (Å²) < 4.78 is 0. The first kappa shape index (κ1) is 23.0. The highest BCUT2D eigenvalue weighted by atomic mass is 32.2. The standard InChI is InChI=1S/C27H32N4O2S/c1-19-7-3-4-8-20(19)18-24-27(33)29(2)22-17-21(10-11-23(22)34-24)26(32)31-15-13-30(14-16-31)25-9-5-6-12-28-25/h3-9,12,18,21-23H,10-11,13-17H2,1-2H3/b24-18-. The highest BCUT2D eigenvalue weighted by molar-refractivity contribution is 8.04. The van der Waals surface area contributed by atoms with E-state index >= 15 is 0 Å². The number of nitrogens with zero attached hydrogens (tertiary/aromatic N) is 4. The van der Waals surface area contributed by atoms with Gasteiger partial charge >= 0.3 is 0 Å².